The van der Waals surface area contributed by atoms with Crippen LogP contribution >= 0.6 is 11.6 Å². The van der Waals surface area contributed by atoms with Crippen molar-refractivity contribution in [3.63, 3.8) is 0 Å². The van der Waals surface area contributed by atoms with Crippen LogP contribution in [0, 0.1) is 0 Å². The van der Waals surface area contributed by atoms with E-state index in [9.17, 15) is 9.59 Å². The summed E-state index contributed by atoms with van der Waals surface area (Å²) in [6.07, 6.45) is 0.402. The molecular weight excluding hydrogens is 314 g/mol. The number of hydrogen-bond donors (Lipinski definition) is 3. The molecule has 120 valence electrons. The molecule has 0 atom stereocenters. The van der Waals surface area contributed by atoms with Gasteiger partial charge in [-0.25, -0.2) is 4.79 Å². The molecular formula is C17H18ClN3O2. The second kappa shape index (κ2) is 8.19. The van der Waals surface area contributed by atoms with E-state index in [-0.39, 0.29) is 11.9 Å². The van der Waals surface area contributed by atoms with Gasteiger partial charge in [0.15, 0.2) is 0 Å². The summed E-state index contributed by atoms with van der Waals surface area (Å²) in [4.78, 5) is 23.3. The molecule has 2 aromatic carbocycles. The molecule has 0 radical (unpaired) electrons. The van der Waals surface area contributed by atoms with Gasteiger partial charge >= 0.3 is 6.03 Å². The highest BCUT2D eigenvalue weighted by atomic mass is 35.5. The topological polar surface area (TPSA) is 70.2 Å². The zero-order chi connectivity index (χ0) is 16.7. The highest BCUT2D eigenvalue weighted by molar-refractivity contribution is 6.30. The Morgan fingerprint density at radius 3 is 2.30 bits per heavy atom. The van der Waals surface area contributed by atoms with E-state index in [2.05, 4.69) is 16.0 Å². The van der Waals surface area contributed by atoms with Crippen molar-refractivity contribution in [2.45, 2.75) is 19.9 Å². The monoisotopic (exact) mass is 331 g/mol. The minimum absolute atomic E-state index is 0.0747. The van der Waals surface area contributed by atoms with E-state index in [0.29, 0.717) is 29.4 Å². The van der Waals surface area contributed by atoms with E-state index in [1.54, 1.807) is 43.3 Å². The Balaban J connectivity index is 1.88. The fourth-order valence-corrected chi connectivity index (χ4v) is 2.01. The highest BCUT2D eigenvalue weighted by Crippen LogP contribution is 2.15. The van der Waals surface area contributed by atoms with Gasteiger partial charge in [0.25, 0.3) is 0 Å². The van der Waals surface area contributed by atoms with Crippen molar-refractivity contribution < 1.29 is 9.59 Å². The molecule has 0 saturated heterocycles. The number of carbonyl (C=O) groups is 2. The third-order valence-electron chi connectivity index (χ3n) is 3.09. The Kier molecular flexibility index (Phi) is 6.00. The molecule has 0 bridgehead atoms. The minimum Gasteiger partial charge on any atom is -0.334 e. The lowest BCUT2D eigenvalue weighted by Gasteiger charge is -2.10. The number of amides is 3. The largest absolute Gasteiger partial charge is 0.334 e. The number of urea groups is 1. The van der Waals surface area contributed by atoms with Crippen LogP contribution in [0.15, 0.2) is 48.5 Å². The van der Waals surface area contributed by atoms with Crippen LogP contribution in [0.5, 0.6) is 0 Å². The molecule has 0 aliphatic heterocycles. The van der Waals surface area contributed by atoms with Gasteiger partial charge < -0.3 is 16.0 Å². The molecule has 0 fully saturated rings. The van der Waals surface area contributed by atoms with Gasteiger partial charge in [-0.2, -0.15) is 0 Å². The molecule has 5 nitrogen and oxygen atoms in total. The van der Waals surface area contributed by atoms with E-state index in [0.717, 1.165) is 5.56 Å². The van der Waals surface area contributed by atoms with Crippen LogP contribution in [0.4, 0.5) is 16.2 Å². The van der Waals surface area contributed by atoms with Crippen LogP contribution in [0.3, 0.4) is 0 Å². The van der Waals surface area contributed by atoms with Gasteiger partial charge in [0.1, 0.15) is 0 Å². The lowest BCUT2D eigenvalue weighted by Crippen LogP contribution is -2.28. The Morgan fingerprint density at radius 2 is 1.65 bits per heavy atom. The zero-order valence-corrected chi connectivity index (χ0v) is 13.5. The highest BCUT2D eigenvalue weighted by Gasteiger charge is 2.04. The van der Waals surface area contributed by atoms with E-state index in [1.165, 1.54) is 0 Å². The van der Waals surface area contributed by atoms with E-state index in [4.69, 9.17) is 11.6 Å². The van der Waals surface area contributed by atoms with Crippen LogP contribution in [0.25, 0.3) is 0 Å². The fraction of sp³-hybridized carbons (Fsp3) is 0.176. The summed E-state index contributed by atoms with van der Waals surface area (Å²) in [6, 6.07) is 13.9. The maximum absolute atomic E-state index is 11.9. The Bertz CT molecular complexity index is 686. The standard InChI is InChI=1S/C17H18ClN3O2/c1-2-16(22)20-14-4-3-5-15(10-14)21-17(23)19-11-12-6-8-13(18)9-7-12/h3-10H,2,11H2,1H3,(H,20,22)(H2,19,21,23). The molecule has 0 aliphatic rings. The van der Waals surface area contributed by atoms with Gasteiger partial charge in [-0.1, -0.05) is 36.7 Å². The van der Waals surface area contributed by atoms with Crippen LogP contribution in [0.1, 0.15) is 18.9 Å². The second-order valence-electron chi connectivity index (χ2n) is 4.92. The average molecular weight is 332 g/mol. The lowest BCUT2D eigenvalue weighted by molar-refractivity contribution is -0.115. The molecule has 0 spiro atoms. The molecule has 2 aromatic rings. The van der Waals surface area contributed by atoms with Gasteiger partial charge in [0, 0.05) is 29.4 Å². The van der Waals surface area contributed by atoms with Crippen molar-refractivity contribution in [2.24, 2.45) is 0 Å². The SMILES string of the molecule is CCC(=O)Nc1cccc(NC(=O)NCc2ccc(Cl)cc2)c1. The Hall–Kier alpha value is -2.53. The Labute approximate surface area is 140 Å². The summed E-state index contributed by atoms with van der Waals surface area (Å²) >= 11 is 5.81. The van der Waals surface area contributed by atoms with E-state index < -0.39 is 0 Å². The molecule has 0 heterocycles. The molecule has 6 heteroatoms. The lowest BCUT2D eigenvalue weighted by atomic mass is 10.2. The summed E-state index contributed by atoms with van der Waals surface area (Å²) in [5.41, 5.74) is 2.20. The first-order chi connectivity index (χ1) is 11.1. The predicted molar refractivity (Wildman–Crippen MR) is 92.7 cm³/mol. The Morgan fingerprint density at radius 1 is 1.00 bits per heavy atom. The maximum Gasteiger partial charge on any atom is 0.319 e. The fourth-order valence-electron chi connectivity index (χ4n) is 1.88. The van der Waals surface area contributed by atoms with Crippen molar-refractivity contribution in [1.82, 2.24) is 5.32 Å². The first-order valence-corrected chi connectivity index (χ1v) is 7.64. The van der Waals surface area contributed by atoms with Gasteiger partial charge in [-0.05, 0) is 35.9 Å². The summed E-state index contributed by atoms with van der Waals surface area (Å²) in [5.74, 6) is -0.0747. The quantitative estimate of drug-likeness (QED) is 0.774. The molecule has 2 rings (SSSR count). The smallest absolute Gasteiger partial charge is 0.319 e. The predicted octanol–water partition coefficient (Wildman–Crippen LogP) is 4.01. The number of rotatable bonds is 5. The number of nitrogens with one attached hydrogen (secondary N) is 3. The van der Waals surface area contributed by atoms with Crippen molar-refractivity contribution in [2.75, 3.05) is 10.6 Å². The van der Waals surface area contributed by atoms with E-state index in [1.807, 2.05) is 12.1 Å². The second-order valence-corrected chi connectivity index (χ2v) is 5.35. The molecule has 0 unspecified atom stereocenters. The number of carbonyl (C=O) groups excluding carboxylic acids is 2. The minimum atomic E-state index is -0.320. The van der Waals surface area contributed by atoms with Crippen molar-refractivity contribution in [3.05, 3.63) is 59.1 Å². The average Bonchev–Trinajstić information content (AvgIpc) is 2.54. The van der Waals surface area contributed by atoms with Gasteiger partial charge in [0.05, 0.1) is 0 Å². The number of benzene rings is 2. The van der Waals surface area contributed by atoms with Crippen molar-refractivity contribution in [3.8, 4) is 0 Å². The van der Waals surface area contributed by atoms with Crippen LogP contribution < -0.4 is 16.0 Å². The summed E-state index contributed by atoms with van der Waals surface area (Å²) in [5, 5.41) is 8.89. The normalized spacial score (nSPS) is 10.0. The molecule has 23 heavy (non-hydrogen) atoms. The zero-order valence-electron chi connectivity index (χ0n) is 12.7. The van der Waals surface area contributed by atoms with Crippen molar-refractivity contribution in [1.29, 1.82) is 0 Å². The summed E-state index contributed by atoms with van der Waals surface area (Å²) in [6.45, 7) is 2.18. The first kappa shape index (κ1) is 16.8. The molecule has 0 aliphatic carbocycles. The van der Waals surface area contributed by atoms with Gasteiger partial charge in [0.2, 0.25) is 5.91 Å². The third kappa shape index (κ3) is 5.64. The van der Waals surface area contributed by atoms with E-state index >= 15 is 0 Å². The molecule has 0 aromatic heterocycles. The first-order valence-electron chi connectivity index (χ1n) is 7.26. The summed E-state index contributed by atoms with van der Waals surface area (Å²) < 4.78 is 0. The number of hydrogen-bond acceptors (Lipinski definition) is 2. The summed E-state index contributed by atoms with van der Waals surface area (Å²) in [7, 11) is 0. The molecule has 0 saturated carbocycles. The maximum atomic E-state index is 11.9. The molecule has 3 amide bonds. The van der Waals surface area contributed by atoms with Crippen molar-refractivity contribution >= 4 is 34.9 Å². The van der Waals surface area contributed by atoms with Crippen LogP contribution in [-0.4, -0.2) is 11.9 Å². The third-order valence-corrected chi connectivity index (χ3v) is 3.34. The number of halogens is 1. The van der Waals surface area contributed by atoms with Gasteiger partial charge in [-0.15, -0.1) is 0 Å². The number of anilines is 2. The van der Waals surface area contributed by atoms with Crippen LogP contribution in [0.2, 0.25) is 5.02 Å². The van der Waals surface area contributed by atoms with Crippen LogP contribution in [-0.2, 0) is 11.3 Å². The van der Waals surface area contributed by atoms with Gasteiger partial charge in [-0.3, -0.25) is 4.79 Å². The molecule has 3 N–H and O–H groups in total.